The Balaban J connectivity index is 2.03. The standard InChI is InChI=1S/C16H20N2O3/c1-11-4-6-12(7-5-11)8-9-14(20)18-10-13(19)17-15(21)16(18,2)3/h4-7H,8-10H2,1-3H3,(H,17,19,21). The Morgan fingerprint density at radius 2 is 1.86 bits per heavy atom. The van der Waals surface area contributed by atoms with Crippen molar-refractivity contribution in [2.75, 3.05) is 6.54 Å². The van der Waals surface area contributed by atoms with Gasteiger partial charge in [-0.05, 0) is 32.8 Å². The fraction of sp³-hybridized carbons (Fsp3) is 0.438. The molecule has 112 valence electrons. The molecule has 0 unspecified atom stereocenters. The van der Waals surface area contributed by atoms with Crippen molar-refractivity contribution < 1.29 is 14.4 Å². The van der Waals surface area contributed by atoms with E-state index in [0.717, 1.165) is 5.56 Å². The molecule has 0 radical (unpaired) electrons. The molecule has 0 bridgehead atoms. The molecule has 0 saturated carbocycles. The van der Waals surface area contributed by atoms with Crippen LogP contribution < -0.4 is 5.32 Å². The van der Waals surface area contributed by atoms with Gasteiger partial charge in [0.05, 0.1) is 0 Å². The molecule has 1 aliphatic rings. The van der Waals surface area contributed by atoms with Crippen LogP contribution in [0.2, 0.25) is 0 Å². The smallest absolute Gasteiger partial charge is 0.252 e. The fourth-order valence-corrected chi connectivity index (χ4v) is 2.32. The Labute approximate surface area is 124 Å². The van der Waals surface area contributed by atoms with Gasteiger partial charge in [-0.2, -0.15) is 0 Å². The maximum atomic E-state index is 12.3. The van der Waals surface area contributed by atoms with Crippen molar-refractivity contribution in [3.63, 3.8) is 0 Å². The van der Waals surface area contributed by atoms with Crippen molar-refractivity contribution in [2.24, 2.45) is 0 Å². The molecule has 1 aromatic carbocycles. The highest BCUT2D eigenvalue weighted by atomic mass is 16.2. The summed E-state index contributed by atoms with van der Waals surface area (Å²) in [6, 6.07) is 7.98. The zero-order chi connectivity index (χ0) is 15.6. The molecule has 0 aromatic heterocycles. The van der Waals surface area contributed by atoms with Crippen molar-refractivity contribution in [3.8, 4) is 0 Å². The maximum Gasteiger partial charge on any atom is 0.252 e. The predicted octanol–water partition coefficient (Wildman–Crippen LogP) is 1.19. The Kier molecular flexibility index (Phi) is 4.11. The van der Waals surface area contributed by atoms with Crippen LogP contribution in [0.15, 0.2) is 24.3 Å². The molecular weight excluding hydrogens is 268 g/mol. The van der Waals surface area contributed by atoms with Gasteiger partial charge < -0.3 is 4.90 Å². The Bertz CT molecular complexity index is 576. The molecule has 5 heteroatoms. The number of piperazine rings is 1. The van der Waals surface area contributed by atoms with E-state index in [1.807, 2.05) is 31.2 Å². The van der Waals surface area contributed by atoms with Crippen LogP contribution in [0.25, 0.3) is 0 Å². The first kappa shape index (κ1) is 15.2. The van der Waals surface area contributed by atoms with Crippen LogP contribution in [0.5, 0.6) is 0 Å². The van der Waals surface area contributed by atoms with Crippen LogP contribution in [-0.2, 0) is 20.8 Å². The van der Waals surface area contributed by atoms with E-state index in [1.54, 1.807) is 13.8 Å². The normalized spacial score (nSPS) is 17.6. The molecule has 3 amide bonds. The molecule has 5 nitrogen and oxygen atoms in total. The summed E-state index contributed by atoms with van der Waals surface area (Å²) in [6.07, 6.45) is 0.883. The summed E-state index contributed by atoms with van der Waals surface area (Å²) in [6.45, 7) is 5.25. The molecule has 1 aromatic rings. The number of amides is 3. The monoisotopic (exact) mass is 288 g/mol. The minimum Gasteiger partial charge on any atom is -0.319 e. The number of hydrogen-bond donors (Lipinski definition) is 1. The van der Waals surface area contributed by atoms with Crippen LogP contribution in [0, 0.1) is 6.92 Å². The first-order valence-corrected chi connectivity index (χ1v) is 7.01. The van der Waals surface area contributed by atoms with Crippen molar-refractivity contribution in [1.29, 1.82) is 0 Å². The number of benzene rings is 1. The molecule has 1 N–H and O–H groups in total. The minimum atomic E-state index is -0.988. The summed E-state index contributed by atoms with van der Waals surface area (Å²) in [5, 5.41) is 2.26. The van der Waals surface area contributed by atoms with Gasteiger partial charge in [0.2, 0.25) is 11.8 Å². The second-order valence-electron chi connectivity index (χ2n) is 5.90. The van der Waals surface area contributed by atoms with E-state index in [-0.39, 0.29) is 18.9 Å². The lowest BCUT2D eigenvalue weighted by Gasteiger charge is -2.40. The molecule has 1 saturated heterocycles. The van der Waals surface area contributed by atoms with Crippen LogP contribution in [0.4, 0.5) is 0 Å². The Morgan fingerprint density at radius 1 is 1.24 bits per heavy atom. The number of rotatable bonds is 3. The molecule has 21 heavy (non-hydrogen) atoms. The number of nitrogens with zero attached hydrogens (tertiary/aromatic N) is 1. The van der Waals surface area contributed by atoms with Gasteiger partial charge in [0.1, 0.15) is 12.1 Å². The second-order valence-corrected chi connectivity index (χ2v) is 5.90. The quantitative estimate of drug-likeness (QED) is 0.850. The van der Waals surface area contributed by atoms with E-state index in [9.17, 15) is 14.4 Å². The van der Waals surface area contributed by atoms with E-state index < -0.39 is 17.4 Å². The lowest BCUT2D eigenvalue weighted by molar-refractivity contribution is -0.155. The van der Waals surface area contributed by atoms with E-state index in [4.69, 9.17) is 0 Å². The number of aryl methyl sites for hydroxylation is 2. The molecular formula is C16H20N2O3. The van der Waals surface area contributed by atoms with Crippen molar-refractivity contribution in [1.82, 2.24) is 10.2 Å². The van der Waals surface area contributed by atoms with E-state index in [2.05, 4.69) is 5.32 Å². The summed E-state index contributed by atoms with van der Waals surface area (Å²) >= 11 is 0. The van der Waals surface area contributed by atoms with E-state index in [1.165, 1.54) is 10.5 Å². The molecule has 1 heterocycles. The van der Waals surface area contributed by atoms with E-state index >= 15 is 0 Å². The zero-order valence-corrected chi connectivity index (χ0v) is 12.6. The van der Waals surface area contributed by atoms with Gasteiger partial charge in [0, 0.05) is 6.42 Å². The SMILES string of the molecule is Cc1ccc(CCC(=O)N2CC(=O)NC(=O)C2(C)C)cc1. The van der Waals surface area contributed by atoms with Gasteiger partial charge >= 0.3 is 0 Å². The van der Waals surface area contributed by atoms with Gasteiger partial charge in [-0.1, -0.05) is 29.8 Å². The van der Waals surface area contributed by atoms with Crippen LogP contribution in [0.3, 0.4) is 0 Å². The number of imide groups is 1. The number of hydrogen-bond acceptors (Lipinski definition) is 3. The van der Waals surface area contributed by atoms with E-state index in [0.29, 0.717) is 6.42 Å². The highest BCUT2D eigenvalue weighted by Crippen LogP contribution is 2.20. The predicted molar refractivity (Wildman–Crippen MR) is 78.4 cm³/mol. The lowest BCUT2D eigenvalue weighted by Crippen LogP contribution is -2.65. The number of carbonyl (C=O) groups is 3. The average molecular weight is 288 g/mol. The number of nitrogens with one attached hydrogen (secondary N) is 1. The van der Waals surface area contributed by atoms with Gasteiger partial charge in [0.15, 0.2) is 0 Å². The minimum absolute atomic E-state index is 0.0640. The van der Waals surface area contributed by atoms with Crippen LogP contribution >= 0.6 is 0 Å². The summed E-state index contributed by atoms with van der Waals surface area (Å²) in [4.78, 5) is 37.0. The molecule has 2 rings (SSSR count). The highest BCUT2D eigenvalue weighted by molar-refractivity contribution is 6.06. The van der Waals surface area contributed by atoms with Crippen molar-refractivity contribution in [2.45, 2.75) is 39.2 Å². The van der Waals surface area contributed by atoms with Gasteiger partial charge in [0.25, 0.3) is 5.91 Å². The lowest BCUT2D eigenvalue weighted by atomic mass is 9.97. The third kappa shape index (κ3) is 3.29. The third-order valence-corrected chi connectivity index (χ3v) is 3.83. The molecule has 1 fully saturated rings. The summed E-state index contributed by atoms with van der Waals surface area (Å²) in [5.74, 6) is -1.03. The van der Waals surface area contributed by atoms with Crippen molar-refractivity contribution >= 4 is 17.7 Å². The topological polar surface area (TPSA) is 66.5 Å². The summed E-state index contributed by atoms with van der Waals surface area (Å²) in [5.41, 5.74) is 1.25. The maximum absolute atomic E-state index is 12.3. The van der Waals surface area contributed by atoms with Crippen molar-refractivity contribution in [3.05, 3.63) is 35.4 Å². The first-order valence-electron chi connectivity index (χ1n) is 7.01. The van der Waals surface area contributed by atoms with Crippen LogP contribution in [0.1, 0.15) is 31.4 Å². The molecule has 0 aliphatic carbocycles. The van der Waals surface area contributed by atoms with Gasteiger partial charge in [-0.15, -0.1) is 0 Å². The van der Waals surface area contributed by atoms with Gasteiger partial charge in [-0.3, -0.25) is 19.7 Å². The average Bonchev–Trinajstić information content (AvgIpc) is 2.42. The first-order chi connectivity index (χ1) is 9.80. The fourth-order valence-electron chi connectivity index (χ4n) is 2.32. The zero-order valence-electron chi connectivity index (χ0n) is 12.6. The third-order valence-electron chi connectivity index (χ3n) is 3.83. The Morgan fingerprint density at radius 3 is 2.48 bits per heavy atom. The molecule has 1 aliphatic heterocycles. The summed E-state index contributed by atoms with van der Waals surface area (Å²) in [7, 11) is 0. The largest absolute Gasteiger partial charge is 0.319 e. The molecule has 0 atom stereocenters. The summed E-state index contributed by atoms with van der Waals surface area (Å²) < 4.78 is 0. The second kappa shape index (κ2) is 5.68. The highest BCUT2D eigenvalue weighted by Gasteiger charge is 2.43. The van der Waals surface area contributed by atoms with Crippen LogP contribution in [-0.4, -0.2) is 34.7 Å². The number of carbonyl (C=O) groups excluding carboxylic acids is 3. The molecule has 0 spiro atoms. The van der Waals surface area contributed by atoms with Gasteiger partial charge in [-0.25, -0.2) is 0 Å². The Hall–Kier alpha value is -2.17.